The minimum absolute atomic E-state index is 0.143. The van der Waals surface area contributed by atoms with E-state index in [9.17, 15) is 4.79 Å². The smallest absolute Gasteiger partial charge is 0.311 e. The molecule has 0 aliphatic heterocycles. The van der Waals surface area contributed by atoms with Gasteiger partial charge in [-0.2, -0.15) is 0 Å². The van der Waals surface area contributed by atoms with Crippen molar-refractivity contribution in [1.29, 1.82) is 0 Å². The predicted octanol–water partition coefficient (Wildman–Crippen LogP) is 6.53. The second-order valence-corrected chi connectivity index (χ2v) is 7.08. The Balaban J connectivity index is 1.75. The number of allylic oxidation sites excluding steroid dienone is 2. The number of carbonyl (C=O) groups is 1. The molecule has 132 valence electrons. The van der Waals surface area contributed by atoms with Crippen LogP contribution in [0, 0.1) is 5.92 Å². The molecule has 0 fully saturated rings. The Bertz CT molecular complexity index is 773. The predicted molar refractivity (Wildman–Crippen MR) is 105 cm³/mol. The summed E-state index contributed by atoms with van der Waals surface area (Å²) in [5, 5.41) is 2.32. The van der Waals surface area contributed by atoms with Crippen LogP contribution in [-0.4, -0.2) is 5.97 Å². The molecule has 1 atom stereocenters. The van der Waals surface area contributed by atoms with E-state index in [1.54, 1.807) is 0 Å². The molecule has 0 aromatic heterocycles. The maximum absolute atomic E-state index is 11.8. The number of ether oxygens (including phenoxy) is 1. The van der Waals surface area contributed by atoms with Crippen molar-refractivity contribution < 1.29 is 9.53 Å². The second kappa shape index (κ2) is 8.33. The fourth-order valence-corrected chi connectivity index (χ4v) is 3.51. The molecule has 0 bridgehead atoms. The first-order valence-corrected chi connectivity index (χ1v) is 9.63. The molecule has 0 heterocycles. The highest BCUT2D eigenvalue weighted by atomic mass is 16.5. The summed E-state index contributed by atoms with van der Waals surface area (Å²) in [6.45, 7) is 4.36. The van der Waals surface area contributed by atoms with Crippen molar-refractivity contribution in [2.75, 3.05) is 0 Å². The first kappa shape index (κ1) is 17.7. The first-order chi connectivity index (χ1) is 12.2. The van der Waals surface area contributed by atoms with Gasteiger partial charge in [0.1, 0.15) is 5.75 Å². The summed E-state index contributed by atoms with van der Waals surface area (Å²) in [6.07, 6.45) is 9.75. The van der Waals surface area contributed by atoms with E-state index in [2.05, 4.69) is 44.2 Å². The molecule has 0 saturated heterocycles. The van der Waals surface area contributed by atoms with Crippen LogP contribution in [0.3, 0.4) is 0 Å². The normalized spacial score (nSPS) is 17.4. The van der Waals surface area contributed by atoms with Gasteiger partial charge < -0.3 is 4.74 Å². The Labute approximate surface area is 150 Å². The summed E-state index contributed by atoms with van der Waals surface area (Å²) in [5.41, 5.74) is 2.80. The minimum atomic E-state index is -0.143. The molecule has 0 N–H and O–H groups in total. The van der Waals surface area contributed by atoms with Gasteiger partial charge in [-0.15, -0.1) is 0 Å². The van der Waals surface area contributed by atoms with E-state index < -0.39 is 0 Å². The molecular weight excluding hydrogens is 308 g/mol. The van der Waals surface area contributed by atoms with Crippen LogP contribution in [0.5, 0.6) is 5.75 Å². The molecule has 2 aromatic rings. The summed E-state index contributed by atoms with van der Waals surface area (Å²) in [5.74, 6) is 1.36. The molecule has 3 rings (SSSR count). The molecule has 25 heavy (non-hydrogen) atoms. The Kier molecular flexibility index (Phi) is 5.91. The molecule has 0 amide bonds. The molecule has 2 nitrogen and oxygen atoms in total. The van der Waals surface area contributed by atoms with Crippen LogP contribution in [0.2, 0.25) is 0 Å². The molecular formula is C23H28O2. The highest BCUT2D eigenvalue weighted by molar-refractivity contribution is 5.88. The zero-order valence-electron chi connectivity index (χ0n) is 15.4. The van der Waals surface area contributed by atoms with Crippen LogP contribution in [0.25, 0.3) is 16.3 Å². The zero-order chi connectivity index (χ0) is 17.6. The number of unbranched alkanes of at least 4 members (excludes halogenated alkanes) is 1. The summed E-state index contributed by atoms with van der Waals surface area (Å²) in [7, 11) is 0. The van der Waals surface area contributed by atoms with E-state index in [4.69, 9.17) is 4.74 Å². The van der Waals surface area contributed by atoms with Gasteiger partial charge in [0, 0.05) is 6.42 Å². The van der Waals surface area contributed by atoms with E-state index in [1.165, 1.54) is 42.2 Å². The fourth-order valence-electron chi connectivity index (χ4n) is 3.51. The third-order valence-corrected chi connectivity index (χ3v) is 5.25. The molecule has 1 unspecified atom stereocenters. The van der Waals surface area contributed by atoms with Crippen LogP contribution in [-0.2, 0) is 4.79 Å². The van der Waals surface area contributed by atoms with Crippen molar-refractivity contribution in [3.8, 4) is 5.75 Å². The Morgan fingerprint density at radius 1 is 1.12 bits per heavy atom. The number of carbonyl (C=O) groups excluding carboxylic acids is 1. The summed E-state index contributed by atoms with van der Waals surface area (Å²) < 4.78 is 5.44. The minimum Gasteiger partial charge on any atom is -0.427 e. The number of hydrogen-bond acceptors (Lipinski definition) is 2. The van der Waals surface area contributed by atoms with Crippen molar-refractivity contribution >= 4 is 22.3 Å². The highest BCUT2D eigenvalue weighted by Gasteiger charge is 2.14. The lowest BCUT2D eigenvalue weighted by Crippen LogP contribution is -2.07. The van der Waals surface area contributed by atoms with E-state index in [1.807, 2.05) is 12.1 Å². The van der Waals surface area contributed by atoms with Crippen LogP contribution < -0.4 is 4.74 Å². The van der Waals surface area contributed by atoms with Crippen molar-refractivity contribution in [2.45, 2.75) is 58.8 Å². The van der Waals surface area contributed by atoms with Crippen molar-refractivity contribution in [3.63, 3.8) is 0 Å². The van der Waals surface area contributed by atoms with Gasteiger partial charge in [0.05, 0.1) is 0 Å². The standard InChI is InChI=1S/C23H28O2/c1-3-5-6-23(24)25-22-14-13-20-15-19(11-12-21(20)16-22)18-9-7-17(4-2)8-10-18/h9,11-17H,3-8,10H2,1-2H3. The number of fused-ring (bicyclic) bond motifs is 1. The van der Waals surface area contributed by atoms with E-state index in [0.29, 0.717) is 12.2 Å². The van der Waals surface area contributed by atoms with Gasteiger partial charge in [0.15, 0.2) is 0 Å². The number of esters is 1. The van der Waals surface area contributed by atoms with Crippen molar-refractivity contribution in [3.05, 3.63) is 48.0 Å². The van der Waals surface area contributed by atoms with E-state index in [-0.39, 0.29) is 5.97 Å². The molecule has 2 aromatic carbocycles. The van der Waals surface area contributed by atoms with Gasteiger partial charge in [0.2, 0.25) is 0 Å². The highest BCUT2D eigenvalue weighted by Crippen LogP contribution is 2.33. The largest absolute Gasteiger partial charge is 0.427 e. The lowest BCUT2D eigenvalue weighted by atomic mass is 9.85. The maximum atomic E-state index is 11.8. The summed E-state index contributed by atoms with van der Waals surface area (Å²) in [4.78, 5) is 11.8. The second-order valence-electron chi connectivity index (χ2n) is 7.08. The summed E-state index contributed by atoms with van der Waals surface area (Å²) >= 11 is 0. The average molecular weight is 336 g/mol. The van der Waals surface area contributed by atoms with E-state index in [0.717, 1.165) is 24.1 Å². The quantitative estimate of drug-likeness (QED) is 0.443. The van der Waals surface area contributed by atoms with Crippen LogP contribution in [0.15, 0.2) is 42.5 Å². The zero-order valence-corrected chi connectivity index (χ0v) is 15.4. The van der Waals surface area contributed by atoms with Gasteiger partial charge in [-0.25, -0.2) is 0 Å². The number of rotatable bonds is 6. The van der Waals surface area contributed by atoms with Crippen LogP contribution >= 0.6 is 0 Å². The average Bonchev–Trinajstić information content (AvgIpc) is 2.66. The topological polar surface area (TPSA) is 26.3 Å². The van der Waals surface area contributed by atoms with E-state index >= 15 is 0 Å². The molecule has 1 aliphatic rings. The van der Waals surface area contributed by atoms with Crippen LogP contribution in [0.1, 0.15) is 64.4 Å². The SMILES string of the molecule is CCCCC(=O)Oc1ccc2cc(C3=CCC(CC)CC3)ccc2c1. The first-order valence-electron chi connectivity index (χ1n) is 9.63. The third-order valence-electron chi connectivity index (χ3n) is 5.25. The lowest BCUT2D eigenvalue weighted by Gasteiger charge is -2.21. The van der Waals surface area contributed by atoms with Gasteiger partial charge in [-0.05, 0) is 71.7 Å². The van der Waals surface area contributed by atoms with Gasteiger partial charge in [0.25, 0.3) is 0 Å². The monoisotopic (exact) mass is 336 g/mol. The van der Waals surface area contributed by atoms with Gasteiger partial charge in [-0.3, -0.25) is 4.79 Å². The Hall–Kier alpha value is -2.09. The third kappa shape index (κ3) is 4.50. The number of benzene rings is 2. The molecule has 2 heteroatoms. The van der Waals surface area contributed by atoms with Crippen molar-refractivity contribution in [2.24, 2.45) is 5.92 Å². The maximum Gasteiger partial charge on any atom is 0.311 e. The van der Waals surface area contributed by atoms with Gasteiger partial charge >= 0.3 is 5.97 Å². The fraction of sp³-hybridized carbons (Fsp3) is 0.435. The molecule has 0 radical (unpaired) electrons. The molecule has 1 aliphatic carbocycles. The van der Waals surface area contributed by atoms with Gasteiger partial charge in [-0.1, -0.05) is 51.0 Å². The number of hydrogen-bond donors (Lipinski definition) is 0. The van der Waals surface area contributed by atoms with Crippen LogP contribution in [0.4, 0.5) is 0 Å². The lowest BCUT2D eigenvalue weighted by molar-refractivity contribution is -0.134. The molecule has 0 spiro atoms. The molecule has 0 saturated carbocycles. The Morgan fingerprint density at radius 3 is 2.64 bits per heavy atom. The summed E-state index contributed by atoms with van der Waals surface area (Å²) in [6, 6.07) is 12.5. The Morgan fingerprint density at radius 2 is 1.92 bits per heavy atom. The van der Waals surface area contributed by atoms with Crippen molar-refractivity contribution in [1.82, 2.24) is 0 Å².